The van der Waals surface area contributed by atoms with E-state index in [0.717, 1.165) is 45.3 Å². The van der Waals surface area contributed by atoms with Gasteiger partial charge in [0.25, 0.3) is 0 Å². The Hall–Kier alpha value is -1.72. The molecule has 1 fully saturated rings. The molecule has 3 heterocycles. The van der Waals surface area contributed by atoms with Gasteiger partial charge in [0.05, 0.1) is 18.6 Å². The molecule has 0 bridgehead atoms. The van der Waals surface area contributed by atoms with E-state index in [1.54, 1.807) is 0 Å². The van der Waals surface area contributed by atoms with E-state index < -0.39 is 0 Å². The van der Waals surface area contributed by atoms with Crippen LogP contribution in [0.3, 0.4) is 0 Å². The maximum atomic E-state index is 5.80. The first-order valence-corrected chi connectivity index (χ1v) is 9.06. The molecule has 0 amide bonds. The van der Waals surface area contributed by atoms with Crippen LogP contribution >= 0.6 is 0 Å². The largest absolute Gasteiger partial charge is 0.381 e. The van der Waals surface area contributed by atoms with Crippen LogP contribution in [0.25, 0.3) is 0 Å². The molecular weight excluding hydrogens is 300 g/mol. The van der Waals surface area contributed by atoms with Crippen LogP contribution < -0.4 is 0 Å². The van der Waals surface area contributed by atoms with Crippen molar-refractivity contribution in [2.75, 3.05) is 19.8 Å². The lowest BCUT2D eigenvalue weighted by molar-refractivity contribution is 0.102. The fourth-order valence-corrected chi connectivity index (χ4v) is 3.68. The highest BCUT2D eigenvalue weighted by Gasteiger charge is 2.31. The molecule has 0 spiro atoms. The van der Waals surface area contributed by atoms with E-state index in [2.05, 4.69) is 39.8 Å². The normalized spacial score (nSPS) is 21.0. The maximum absolute atomic E-state index is 5.80. The van der Waals surface area contributed by atoms with Gasteiger partial charge >= 0.3 is 0 Å². The van der Waals surface area contributed by atoms with Gasteiger partial charge < -0.3 is 9.30 Å². The molecule has 24 heavy (non-hydrogen) atoms. The minimum Gasteiger partial charge on any atom is -0.381 e. The van der Waals surface area contributed by atoms with E-state index in [0.29, 0.717) is 5.92 Å². The zero-order valence-corrected chi connectivity index (χ0v) is 14.4. The SMILES string of the molecule is CCOCC1CN(Cc2ccncc2)Cc2ncn(CC3CC3)c21. The van der Waals surface area contributed by atoms with Crippen molar-refractivity contribution in [2.24, 2.45) is 5.92 Å². The van der Waals surface area contributed by atoms with Gasteiger partial charge in [-0.25, -0.2) is 4.98 Å². The van der Waals surface area contributed by atoms with Crippen LogP contribution in [-0.4, -0.2) is 39.2 Å². The van der Waals surface area contributed by atoms with Crippen LogP contribution in [0.5, 0.6) is 0 Å². The van der Waals surface area contributed by atoms with Gasteiger partial charge in [0.15, 0.2) is 0 Å². The van der Waals surface area contributed by atoms with E-state index in [1.165, 1.54) is 29.8 Å². The molecule has 2 aromatic heterocycles. The molecule has 1 aliphatic heterocycles. The summed E-state index contributed by atoms with van der Waals surface area (Å²) in [5.74, 6) is 1.28. The zero-order valence-electron chi connectivity index (χ0n) is 14.4. The summed E-state index contributed by atoms with van der Waals surface area (Å²) >= 11 is 0. The second kappa shape index (κ2) is 7.03. The smallest absolute Gasteiger partial charge is 0.0952 e. The van der Waals surface area contributed by atoms with Crippen molar-refractivity contribution >= 4 is 0 Å². The number of ether oxygens (including phenoxy) is 1. The lowest BCUT2D eigenvalue weighted by atomic mass is 9.98. The summed E-state index contributed by atoms with van der Waals surface area (Å²) in [5.41, 5.74) is 3.96. The summed E-state index contributed by atoms with van der Waals surface area (Å²) in [4.78, 5) is 11.3. The van der Waals surface area contributed by atoms with E-state index in [4.69, 9.17) is 9.72 Å². The number of aromatic nitrogens is 3. The van der Waals surface area contributed by atoms with Gasteiger partial charge in [-0.2, -0.15) is 0 Å². The van der Waals surface area contributed by atoms with Crippen molar-refractivity contribution in [3.05, 3.63) is 47.8 Å². The third-order valence-electron chi connectivity index (χ3n) is 5.03. The number of hydrogen-bond donors (Lipinski definition) is 0. The Morgan fingerprint density at radius 1 is 1.25 bits per heavy atom. The molecule has 2 aliphatic rings. The van der Waals surface area contributed by atoms with Crippen molar-refractivity contribution in [1.82, 2.24) is 19.4 Å². The van der Waals surface area contributed by atoms with Crippen molar-refractivity contribution in [3.63, 3.8) is 0 Å². The highest BCUT2D eigenvalue weighted by atomic mass is 16.5. The first kappa shape index (κ1) is 15.8. The minimum absolute atomic E-state index is 0.414. The Labute approximate surface area is 143 Å². The van der Waals surface area contributed by atoms with Gasteiger partial charge in [0, 0.05) is 56.8 Å². The topological polar surface area (TPSA) is 43.2 Å². The second-order valence-electron chi connectivity index (χ2n) is 7.05. The zero-order chi connectivity index (χ0) is 16.4. The third kappa shape index (κ3) is 3.52. The van der Waals surface area contributed by atoms with Gasteiger partial charge in [-0.05, 0) is 43.4 Å². The molecule has 1 atom stereocenters. The number of hydrogen-bond acceptors (Lipinski definition) is 4. The van der Waals surface area contributed by atoms with E-state index >= 15 is 0 Å². The first-order valence-electron chi connectivity index (χ1n) is 9.06. The van der Waals surface area contributed by atoms with Crippen molar-refractivity contribution in [2.45, 2.75) is 45.3 Å². The number of nitrogens with zero attached hydrogens (tertiary/aromatic N) is 4. The molecule has 1 aliphatic carbocycles. The van der Waals surface area contributed by atoms with Crippen LogP contribution in [0.4, 0.5) is 0 Å². The Morgan fingerprint density at radius 2 is 2.08 bits per heavy atom. The van der Waals surface area contributed by atoms with Crippen LogP contribution in [0.1, 0.15) is 42.6 Å². The lowest BCUT2D eigenvalue weighted by Crippen LogP contribution is -2.36. The fraction of sp³-hybridized carbons (Fsp3) is 0.579. The van der Waals surface area contributed by atoms with Gasteiger partial charge in [0.1, 0.15) is 0 Å². The van der Waals surface area contributed by atoms with Crippen molar-refractivity contribution in [3.8, 4) is 0 Å². The van der Waals surface area contributed by atoms with E-state index in [9.17, 15) is 0 Å². The quantitative estimate of drug-likeness (QED) is 0.785. The van der Waals surface area contributed by atoms with Crippen LogP contribution in [0.15, 0.2) is 30.9 Å². The molecule has 0 radical (unpaired) electrons. The molecule has 1 unspecified atom stereocenters. The predicted octanol–water partition coefficient (Wildman–Crippen LogP) is 2.82. The Kier molecular flexibility index (Phi) is 4.63. The minimum atomic E-state index is 0.414. The van der Waals surface area contributed by atoms with Crippen LogP contribution in [-0.2, 0) is 24.4 Å². The van der Waals surface area contributed by atoms with E-state index in [-0.39, 0.29) is 0 Å². The van der Waals surface area contributed by atoms with Crippen molar-refractivity contribution in [1.29, 1.82) is 0 Å². The molecule has 4 rings (SSSR count). The molecule has 5 heteroatoms. The molecule has 128 valence electrons. The highest BCUT2D eigenvalue weighted by Crippen LogP contribution is 2.34. The number of pyridine rings is 1. The van der Waals surface area contributed by atoms with Crippen LogP contribution in [0.2, 0.25) is 0 Å². The van der Waals surface area contributed by atoms with Crippen LogP contribution in [0, 0.1) is 5.92 Å². The summed E-state index contributed by atoms with van der Waals surface area (Å²) in [6.45, 7) is 7.67. The standard InChI is InChI=1S/C19H26N4O/c1-2-24-13-17-11-22(9-16-5-7-20-8-6-16)12-18-19(17)23(14-21-18)10-15-3-4-15/h5-8,14-15,17H,2-4,9-13H2,1H3. The lowest BCUT2D eigenvalue weighted by Gasteiger charge is -2.33. The van der Waals surface area contributed by atoms with Gasteiger partial charge in [-0.3, -0.25) is 9.88 Å². The third-order valence-corrected chi connectivity index (χ3v) is 5.03. The molecule has 2 aromatic rings. The summed E-state index contributed by atoms with van der Waals surface area (Å²) in [5, 5.41) is 0. The average Bonchev–Trinajstić information content (AvgIpc) is 3.33. The molecule has 0 aromatic carbocycles. The molecule has 0 N–H and O–H groups in total. The summed E-state index contributed by atoms with van der Waals surface area (Å²) in [7, 11) is 0. The van der Waals surface area contributed by atoms with Crippen molar-refractivity contribution < 1.29 is 4.74 Å². The highest BCUT2D eigenvalue weighted by molar-refractivity contribution is 5.23. The molecule has 5 nitrogen and oxygen atoms in total. The monoisotopic (exact) mass is 326 g/mol. The summed E-state index contributed by atoms with van der Waals surface area (Å²) in [6.07, 6.45) is 8.53. The number of rotatable bonds is 7. The first-order chi connectivity index (χ1) is 11.8. The second-order valence-corrected chi connectivity index (χ2v) is 7.05. The maximum Gasteiger partial charge on any atom is 0.0952 e. The Bertz CT molecular complexity index is 665. The molecular formula is C19H26N4O. The Morgan fingerprint density at radius 3 is 2.83 bits per heavy atom. The summed E-state index contributed by atoms with van der Waals surface area (Å²) in [6, 6.07) is 4.19. The molecule has 1 saturated carbocycles. The van der Waals surface area contributed by atoms with Gasteiger partial charge in [0.2, 0.25) is 0 Å². The van der Waals surface area contributed by atoms with Gasteiger partial charge in [-0.15, -0.1) is 0 Å². The number of fused-ring (bicyclic) bond motifs is 1. The molecule has 0 saturated heterocycles. The van der Waals surface area contributed by atoms with Gasteiger partial charge in [-0.1, -0.05) is 0 Å². The van der Waals surface area contributed by atoms with E-state index in [1.807, 2.05) is 12.4 Å². The Balaban J connectivity index is 1.53. The number of imidazole rings is 1. The predicted molar refractivity (Wildman–Crippen MR) is 92.5 cm³/mol. The fourth-order valence-electron chi connectivity index (χ4n) is 3.68. The average molecular weight is 326 g/mol. The summed E-state index contributed by atoms with van der Waals surface area (Å²) < 4.78 is 8.20.